The quantitative estimate of drug-likeness (QED) is 0.837. The molecule has 0 aromatic carbocycles. The van der Waals surface area contributed by atoms with Crippen LogP contribution in [-0.2, 0) is 4.74 Å². The number of amides is 1. The molecule has 0 N–H and O–H groups in total. The predicted molar refractivity (Wildman–Crippen MR) is 86.1 cm³/mol. The van der Waals surface area contributed by atoms with Crippen molar-refractivity contribution in [1.29, 1.82) is 0 Å². The Labute approximate surface area is 145 Å². The van der Waals surface area contributed by atoms with Gasteiger partial charge in [0.1, 0.15) is 12.1 Å². The number of aryl methyl sites for hydroxylation is 1. The van der Waals surface area contributed by atoms with Gasteiger partial charge in [-0.3, -0.25) is 4.79 Å². The molecule has 2 aromatic rings. The van der Waals surface area contributed by atoms with Gasteiger partial charge in [-0.2, -0.15) is 0 Å². The highest BCUT2D eigenvalue weighted by molar-refractivity contribution is 5.94. The molecule has 0 spiro atoms. The number of hydrogen-bond acceptors (Lipinski definition) is 7. The maximum atomic E-state index is 13.0. The minimum atomic E-state index is -0.383. The van der Waals surface area contributed by atoms with Gasteiger partial charge in [-0.1, -0.05) is 0 Å². The average Bonchev–Trinajstić information content (AvgIpc) is 3.04. The van der Waals surface area contributed by atoms with Gasteiger partial charge < -0.3 is 18.8 Å². The molecular formula is C17H20N4O4. The van der Waals surface area contributed by atoms with Crippen molar-refractivity contribution in [2.75, 3.05) is 19.8 Å². The van der Waals surface area contributed by atoms with Crippen LogP contribution in [0.15, 0.2) is 22.7 Å². The highest BCUT2D eigenvalue weighted by Gasteiger charge is 2.33. The lowest BCUT2D eigenvalue weighted by Crippen LogP contribution is -2.43. The van der Waals surface area contributed by atoms with Gasteiger partial charge in [0.15, 0.2) is 0 Å². The number of pyridine rings is 1. The summed E-state index contributed by atoms with van der Waals surface area (Å²) in [6.07, 6.45) is 5.09. The molecule has 1 saturated carbocycles. The number of carbonyl (C=O) groups is 1. The van der Waals surface area contributed by atoms with E-state index in [1.54, 1.807) is 30.2 Å². The second-order valence-corrected chi connectivity index (χ2v) is 6.30. The van der Waals surface area contributed by atoms with Crippen molar-refractivity contribution in [2.45, 2.75) is 38.3 Å². The minimum Gasteiger partial charge on any atom is -0.474 e. The van der Waals surface area contributed by atoms with Crippen LogP contribution in [0.2, 0.25) is 0 Å². The number of nitrogens with zero attached hydrogens (tertiary/aromatic N) is 4. The van der Waals surface area contributed by atoms with E-state index >= 15 is 0 Å². The zero-order chi connectivity index (χ0) is 17.2. The van der Waals surface area contributed by atoms with E-state index in [0.717, 1.165) is 12.8 Å². The van der Waals surface area contributed by atoms with E-state index in [2.05, 4.69) is 15.2 Å². The molecule has 8 nitrogen and oxygen atoms in total. The van der Waals surface area contributed by atoms with Crippen molar-refractivity contribution in [1.82, 2.24) is 20.1 Å². The van der Waals surface area contributed by atoms with Crippen LogP contribution < -0.4 is 4.74 Å². The predicted octanol–water partition coefficient (Wildman–Crippen LogP) is 1.92. The number of aromatic nitrogens is 3. The summed E-state index contributed by atoms with van der Waals surface area (Å²) in [7, 11) is 0. The molecule has 1 amide bonds. The van der Waals surface area contributed by atoms with Crippen LogP contribution >= 0.6 is 0 Å². The fraction of sp³-hybridized carbons (Fsp3) is 0.529. The Morgan fingerprint density at radius 1 is 1.36 bits per heavy atom. The van der Waals surface area contributed by atoms with Crippen LogP contribution in [0.4, 0.5) is 0 Å². The number of rotatable bonds is 4. The van der Waals surface area contributed by atoms with E-state index in [-0.39, 0.29) is 18.1 Å². The van der Waals surface area contributed by atoms with Crippen LogP contribution in [0.25, 0.3) is 0 Å². The summed E-state index contributed by atoms with van der Waals surface area (Å²) in [5.74, 6) is 1.23. The molecule has 1 aliphatic carbocycles. The van der Waals surface area contributed by atoms with Crippen LogP contribution in [0.3, 0.4) is 0 Å². The lowest BCUT2D eigenvalue weighted by molar-refractivity contribution is -0.0106. The molecular weight excluding hydrogens is 324 g/mol. The Bertz CT molecular complexity index is 759. The van der Waals surface area contributed by atoms with Gasteiger partial charge >= 0.3 is 0 Å². The molecule has 0 unspecified atom stereocenters. The highest BCUT2D eigenvalue weighted by Crippen LogP contribution is 2.27. The summed E-state index contributed by atoms with van der Waals surface area (Å²) in [6, 6.07) is 3.01. The average molecular weight is 344 g/mol. The van der Waals surface area contributed by atoms with E-state index in [1.165, 1.54) is 6.42 Å². The third kappa shape index (κ3) is 3.34. The van der Waals surface area contributed by atoms with Crippen molar-refractivity contribution in [3.8, 4) is 5.88 Å². The van der Waals surface area contributed by atoms with Crippen LogP contribution in [-0.4, -0.2) is 51.9 Å². The molecule has 4 rings (SSSR count). The highest BCUT2D eigenvalue weighted by atomic mass is 16.5. The summed E-state index contributed by atoms with van der Waals surface area (Å²) in [6.45, 7) is 3.00. The molecule has 1 atom stereocenters. The van der Waals surface area contributed by atoms with E-state index < -0.39 is 0 Å². The third-order valence-electron chi connectivity index (χ3n) is 4.54. The van der Waals surface area contributed by atoms with Crippen molar-refractivity contribution < 1.29 is 18.7 Å². The topological polar surface area (TPSA) is 90.6 Å². The van der Waals surface area contributed by atoms with E-state index in [1.807, 2.05) is 0 Å². The van der Waals surface area contributed by atoms with E-state index in [0.29, 0.717) is 43.0 Å². The number of hydrogen-bond donors (Lipinski definition) is 0. The summed E-state index contributed by atoms with van der Waals surface area (Å²) in [4.78, 5) is 18.9. The van der Waals surface area contributed by atoms with Gasteiger partial charge in [0.25, 0.3) is 5.91 Å². The van der Waals surface area contributed by atoms with Gasteiger partial charge in [0.2, 0.25) is 17.7 Å². The lowest BCUT2D eigenvalue weighted by atomic mass is 9.96. The molecule has 0 radical (unpaired) electrons. The van der Waals surface area contributed by atoms with Gasteiger partial charge in [0.05, 0.1) is 13.2 Å². The monoisotopic (exact) mass is 344 g/mol. The van der Waals surface area contributed by atoms with E-state index in [9.17, 15) is 4.79 Å². The molecule has 8 heteroatoms. The lowest BCUT2D eigenvalue weighted by Gasteiger charge is -2.33. The van der Waals surface area contributed by atoms with Crippen molar-refractivity contribution in [2.24, 2.45) is 0 Å². The molecule has 2 aromatic heterocycles. The number of morpholine rings is 1. The summed E-state index contributed by atoms with van der Waals surface area (Å²) in [5, 5.41) is 7.89. The van der Waals surface area contributed by atoms with Crippen molar-refractivity contribution in [3.05, 3.63) is 35.7 Å². The Balaban J connectivity index is 1.54. The molecule has 25 heavy (non-hydrogen) atoms. The first kappa shape index (κ1) is 16.0. The van der Waals surface area contributed by atoms with E-state index in [4.69, 9.17) is 13.9 Å². The normalized spacial score (nSPS) is 21.0. The molecule has 0 bridgehead atoms. The van der Waals surface area contributed by atoms with Gasteiger partial charge in [-0.05, 0) is 25.3 Å². The molecule has 1 saturated heterocycles. The Kier molecular flexibility index (Phi) is 4.35. The first-order valence-electron chi connectivity index (χ1n) is 8.52. The molecule has 132 valence electrons. The smallest absolute Gasteiger partial charge is 0.254 e. The van der Waals surface area contributed by atoms with Crippen LogP contribution in [0, 0.1) is 6.92 Å². The fourth-order valence-electron chi connectivity index (χ4n) is 2.93. The Morgan fingerprint density at radius 3 is 2.96 bits per heavy atom. The second kappa shape index (κ2) is 6.79. The minimum absolute atomic E-state index is 0.120. The SMILES string of the molecule is Cc1nnc([C@@H]2COCCN2C(=O)c2ccnc(OC3CCC3)c2)o1. The third-order valence-corrected chi connectivity index (χ3v) is 4.54. The zero-order valence-corrected chi connectivity index (χ0v) is 14.1. The Morgan fingerprint density at radius 2 is 2.24 bits per heavy atom. The first-order valence-corrected chi connectivity index (χ1v) is 8.52. The second-order valence-electron chi connectivity index (χ2n) is 6.30. The largest absolute Gasteiger partial charge is 0.474 e. The molecule has 1 aliphatic heterocycles. The van der Waals surface area contributed by atoms with Gasteiger partial charge in [-0.25, -0.2) is 4.98 Å². The van der Waals surface area contributed by atoms with Crippen molar-refractivity contribution in [3.63, 3.8) is 0 Å². The fourth-order valence-corrected chi connectivity index (χ4v) is 2.93. The maximum absolute atomic E-state index is 13.0. The molecule has 2 fully saturated rings. The first-order chi connectivity index (χ1) is 12.2. The van der Waals surface area contributed by atoms with Gasteiger partial charge in [0, 0.05) is 31.3 Å². The van der Waals surface area contributed by atoms with Gasteiger partial charge in [-0.15, -0.1) is 10.2 Å². The number of ether oxygens (including phenoxy) is 2. The standard InChI is InChI=1S/C17H20N4O4/c1-11-19-20-16(24-11)14-10-23-8-7-21(14)17(22)12-5-6-18-15(9-12)25-13-3-2-4-13/h5-6,9,13-14H,2-4,7-8,10H2,1H3/t14-/m0/s1. The van der Waals surface area contributed by atoms with Crippen LogP contribution in [0.1, 0.15) is 47.4 Å². The Hall–Kier alpha value is -2.48. The summed E-state index contributed by atoms with van der Waals surface area (Å²) < 4.78 is 16.8. The maximum Gasteiger partial charge on any atom is 0.254 e. The number of carbonyl (C=O) groups excluding carboxylic acids is 1. The summed E-state index contributed by atoms with van der Waals surface area (Å²) in [5.41, 5.74) is 0.535. The van der Waals surface area contributed by atoms with Crippen molar-refractivity contribution >= 4 is 5.91 Å². The summed E-state index contributed by atoms with van der Waals surface area (Å²) >= 11 is 0. The zero-order valence-electron chi connectivity index (χ0n) is 14.1. The molecule has 3 heterocycles. The van der Waals surface area contributed by atoms with Crippen LogP contribution in [0.5, 0.6) is 5.88 Å². The molecule has 2 aliphatic rings.